The van der Waals surface area contributed by atoms with Crippen LogP contribution in [-0.2, 0) is 27.2 Å². The van der Waals surface area contributed by atoms with E-state index in [0.717, 1.165) is 11.1 Å². The van der Waals surface area contributed by atoms with Crippen LogP contribution in [0.15, 0.2) is 48.5 Å². The number of hydrogen-bond acceptors (Lipinski definition) is 4. The van der Waals surface area contributed by atoms with Crippen LogP contribution < -0.4 is 15.5 Å². The first-order chi connectivity index (χ1) is 14.9. The highest BCUT2D eigenvalue weighted by molar-refractivity contribution is 6.07. The van der Waals surface area contributed by atoms with E-state index in [9.17, 15) is 24.3 Å². The Labute approximate surface area is 179 Å². The van der Waals surface area contributed by atoms with Gasteiger partial charge in [-0.25, -0.2) is 4.79 Å². The summed E-state index contributed by atoms with van der Waals surface area (Å²) < 4.78 is 0. The second-order valence-electron chi connectivity index (χ2n) is 7.85. The largest absolute Gasteiger partial charge is 0.480 e. The van der Waals surface area contributed by atoms with Gasteiger partial charge in [-0.15, -0.1) is 0 Å². The maximum absolute atomic E-state index is 13.2. The van der Waals surface area contributed by atoms with Gasteiger partial charge in [0, 0.05) is 12.0 Å². The summed E-state index contributed by atoms with van der Waals surface area (Å²) in [6.07, 6.45) is 1.13. The van der Waals surface area contributed by atoms with Crippen LogP contribution >= 0.6 is 0 Å². The van der Waals surface area contributed by atoms with Gasteiger partial charge in [-0.2, -0.15) is 0 Å². The lowest BCUT2D eigenvalue weighted by atomic mass is 10.0. The van der Waals surface area contributed by atoms with Crippen LogP contribution in [0, 0.1) is 0 Å². The Kier molecular flexibility index (Phi) is 5.46. The van der Waals surface area contributed by atoms with Crippen molar-refractivity contribution in [2.75, 3.05) is 4.90 Å². The maximum atomic E-state index is 13.2. The van der Waals surface area contributed by atoms with Crippen LogP contribution in [0.3, 0.4) is 0 Å². The molecule has 0 saturated heterocycles. The lowest BCUT2D eigenvalue weighted by Crippen LogP contribution is -2.55. The molecule has 0 unspecified atom stereocenters. The van der Waals surface area contributed by atoms with Crippen molar-refractivity contribution in [3.05, 3.63) is 65.2 Å². The van der Waals surface area contributed by atoms with E-state index in [1.165, 1.54) is 4.90 Å². The van der Waals surface area contributed by atoms with Crippen molar-refractivity contribution >= 4 is 29.4 Å². The predicted molar refractivity (Wildman–Crippen MR) is 113 cm³/mol. The van der Waals surface area contributed by atoms with Gasteiger partial charge in [0.05, 0.1) is 5.69 Å². The van der Waals surface area contributed by atoms with Gasteiger partial charge < -0.3 is 15.7 Å². The van der Waals surface area contributed by atoms with Gasteiger partial charge in [0.15, 0.2) is 0 Å². The molecule has 0 saturated carbocycles. The molecule has 0 bridgehead atoms. The van der Waals surface area contributed by atoms with Gasteiger partial charge in [0.25, 0.3) is 5.91 Å². The zero-order valence-electron chi connectivity index (χ0n) is 17.0. The summed E-state index contributed by atoms with van der Waals surface area (Å²) in [7, 11) is 0. The van der Waals surface area contributed by atoms with Gasteiger partial charge >= 0.3 is 5.97 Å². The molecule has 2 aromatic carbocycles. The minimum atomic E-state index is -1.08. The van der Waals surface area contributed by atoms with Gasteiger partial charge in [-0.3, -0.25) is 19.3 Å². The third-order valence-corrected chi connectivity index (χ3v) is 5.79. The van der Waals surface area contributed by atoms with E-state index in [-0.39, 0.29) is 6.42 Å². The molecule has 3 N–H and O–H groups in total. The highest BCUT2D eigenvalue weighted by atomic mass is 16.4. The fourth-order valence-electron chi connectivity index (χ4n) is 4.19. The second kappa shape index (κ2) is 8.22. The molecule has 3 amide bonds. The molecule has 2 heterocycles. The molecule has 2 aliphatic rings. The third-order valence-electron chi connectivity index (χ3n) is 5.79. The number of anilines is 1. The average molecular weight is 421 g/mol. The van der Waals surface area contributed by atoms with E-state index < -0.39 is 41.8 Å². The quantitative estimate of drug-likeness (QED) is 0.673. The van der Waals surface area contributed by atoms with E-state index in [1.807, 2.05) is 18.2 Å². The molecule has 2 aromatic rings. The number of aliphatic carboxylic acids is 1. The first kappa shape index (κ1) is 20.6. The Morgan fingerprint density at radius 1 is 1.06 bits per heavy atom. The van der Waals surface area contributed by atoms with E-state index in [1.54, 1.807) is 37.3 Å². The Balaban J connectivity index is 1.49. The molecule has 0 spiro atoms. The minimum absolute atomic E-state index is 0.244. The standard InChI is InChI=1S/C23H23N3O5/c1-13(24-21(28)15-6-3-2-4-7-15)20(27)25-17-11-10-14-8-5-9-16-12-18(23(30)31)26(19(14)16)22(17)29/h2-9,13,17-18H,10-12H2,1H3,(H,24,28)(H,25,27)(H,30,31)/t13-,17-,18-/m0/s1. The van der Waals surface area contributed by atoms with Crippen LogP contribution in [0.2, 0.25) is 0 Å². The summed E-state index contributed by atoms with van der Waals surface area (Å²) in [5.41, 5.74) is 2.81. The first-order valence-corrected chi connectivity index (χ1v) is 10.2. The number of rotatable bonds is 5. The number of carboxylic acids is 1. The fourth-order valence-corrected chi connectivity index (χ4v) is 4.19. The maximum Gasteiger partial charge on any atom is 0.327 e. The highest BCUT2D eigenvalue weighted by Crippen LogP contribution is 2.39. The molecule has 8 nitrogen and oxygen atoms in total. The molecule has 3 atom stereocenters. The highest BCUT2D eigenvalue weighted by Gasteiger charge is 2.44. The predicted octanol–water partition coefficient (Wildman–Crippen LogP) is 1.28. The van der Waals surface area contributed by atoms with Gasteiger partial charge in [0.1, 0.15) is 18.1 Å². The van der Waals surface area contributed by atoms with Crippen molar-refractivity contribution in [3.63, 3.8) is 0 Å². The molecular weight excluding hydrogens is 398 g/mol. The Bertz CT molecular complexity index is 1050. The lowest BCUT2D eigenvalue weighted by Gasteiger charge is -2.27. The summed E-state index contributed by atoms with van der Waals surface area (Å²) in [6, 6.07) is 11.4. The van der Waals surface area contributed by atoms with Crippen molar-refractivity contribution in [2.45, 2.75) is 44.3 Å². The summed E-state index contributed by atoms with van der Waals surface area (Å²) in [5.74, 6) is -2.41. The molecule has 31 heavy (non-hydrogen) atoms. The summed E-state index contributed by atoms with van der Waals surface area (Å²) in [5, 5.41) is 15.0. The third kappa shape index (κ3) is 3.88. The number of nitrogens with one attached hydrogen (secondary N) is 2. The van der Waals surface area contributed by atoms with Crippen molar-refractivity contribution in [2.24, 2.45) is 0 Å². The van der Waals surface area contributed by atoms with E-state index in [4.69, 9.17) is 0 Å². The molecule has 0 aromatic heterocycles. The normalized spacial score (nSPS) is 20.4. The number of para-hydroxylation sites is 1. The number of amides is 3. The number of carbonyl (C=O) groups is 4. The Morgan fingerprint density at radius 3 is 2.48 bits per heavy atom. The van der Waals surface area contributed by atoms with E-state index in [2.05, 4.69) is 10.6 Å². The molecule has 8 heteroatoms. The molecule has 4 rings (SSSR count). The Hall–Kier alpha value is -3.68. The average Bonchev–Trinajstić information content (AvgIpc) is 3.10. The second-order valence-corrected chi connectivity index (χ2v) is 7.85. The molecule has 0 aliphatic carbocycles. The van der Waals surface area contributed by atoms with Crippen LogP contribution in [0.4, 0.5) is 5.69 Å². The van der Waals surface area contributed by atoms with Gasteiger partial charge in [-0.05, 0) is 43.0 Å². The van der Waals surface area contributed by atoms with Crippen LogP contribution in [0.25, 0.3) is 0 Å². The van der Waals surface area contributed by atoms with Gasteiger partial charge in [0.2, 0.25) is 11.8 Å². The van der Waals surface area contributed by atoms with E-state index >= 15 is 0 Å². The smallest absolute Gasteiger partial charge is 0.327 e. The molecular formula is C23H23N3O5. The van der Waals surface area contributed by atoms with Crippen molar-refractivity contribution in [1.82, 2.24) is 10.6 Å². The number of benzene rings is 2. The number of hydrogen-bond donors (Lipinski definition) is 3. The molecule has 160 valence electrons. The monoisotopic (exact) mass is 421 g/mol. The number of carboxylic acid groups (broad SMARTS) is 1. The zero-order valence-corrected chi connectivity index (χ0v) is 17.0. The van der Waals surface area contributed by atoms with Crippen molar-refractivity contribution in [3.8, 4) is 0 Å². The fraction of sp³-hybridized carbons (Fsp3) is 0.304. The summed E-state index contributed by atoms with van der Waals surface area (Å²) in [6.45, 7) is 1.54. The van der Waals surface area contributed by atoms with Gasteiger partial charge in [-0.1, -0.05) is 36.4 Å². The topological polar surface area (TPSA) is 116 Å². The molecule has 2 aliphatic heterocycles. The molecule has 0 fully saturated rings. The van der Waals surface area contributed by atoms with E-state index in [0.29, 0.717) is 24.1 Å². The number of aryl methyl sites for hydroxylation is 1. The zero-order chi connectivity index (χ0) is 22.1. The minimum Gasteiger partial charge on any atom is -0.480 e. The lowest BCUT2D eigenvalue weighted by molar-refractivity contribution is -0.140. The van der Waals surface area contributed by atoms with Crippen LogP contribution in [0.5, 0.6) is 0 Å². The van der Waals surface area contributed by atoms with Crippen LogP contribution in [0.1, 0.15) is 34.8 Å². The Morgan fingerprint density at radius 2 is 1.77 bits per heavy atom. The van der Waals surface area contributed by atoms with Crippen LogP contribution in [-0.4, -0.2) is 46.9 Å². The number of carbonyl (C=O) groups excluding carboxylic acids is 3. The first-order valence-electron chi connectivity index (χ1n) is 10.2. The summed E-state index contributed by atoms with van der Waals surface area (Å²) >= 11 is 0. The van der Waals surface area contributed by atoms with Crippen molar-refractivity contribution in [1.29, 1.82) is 0 Å². The molecule has 0 radical (unpaired) electrons. The van der Waals surface area contributed by atoms with Crippen molar-refractivity contribution < 1.29 is 24.3 Å². The number of nitrogens with zero attached hydrogens (tertiary/aromatic N) is 1. The summed E-state index contributed by atoms with van der Waals surface area (Å²) in [4.78, 5) is 51.4. The SMILES string of the molecule is C[C@H](NC(=O)c1ccccc1)C(=O)N[C@H]1CCc2cccc3c2N(C1=O)[C@H](C(=O)O)C3.